The predicted octanol–water partition coefficient (Wildman–Crippen LogP) is 5.86. The maximum absolute atomic E-state index is 13.9. The number of nitrogens with zero attached hydrogens (tertiary/aromatic N) is 3. The van der Waals surface area contributed by atoms with Crippen LogP contribution in [0.15, 0.2) is 79.1 Å². The summed E-state index contributed by atoms with van der Waals surface area (Å²) in [5.74, 6) is 0.843. The van der Waals surface area contributed by atoms with Crippen LogP contribution in [0.25, 0.3) is 5.69 Å². The Hall–Kier alpha value is -3.62. The van der Waals surface area contributed by atoms with Crippen molar-refractivity contribution < 1.29 is 13.9 Å². The van der Waals surface area contributed by atoms with Crippen molar-refractivity contribution >= 4 is 34.6 Å². The third-order valence-corrected chi connectivity index (χ3v) is 6.61. The first-order valence-corrected chi connectivity index (χ1v) is 11.7. The molecule has 9 heteroatoms. The van der Waals surface area contributed by atoms with Crippen molar-refractivity contribution in [1.82, 2.24) is 14.9 Å². The summed E-state index contributed by atoms with van der Waals surface area (Å²) in [5.41, 5.74) is 3.21. The van der Waals surface area contributed by atoms with Gasteiger partial charge in [-0.2, -0.15) is 0 Å². The van der Waals surface area contributed by atoms with E-state index in [2.05, 4.69) is 10.3 Å². The lowest BCUT2D eigenvalue weighted by Crippen LogP contribution is -2.30. The Labute approximate surface area is 212 Å². The summed E-state index contributed by atoms with van der Waals surface area (Å²) in [6.45, 7) is 0. The molecule has 1 aliphatic heterocycles. The van der Waals surface area contributed by atoms with Gasteiger partial charge in [-0.1, -0.05) is 17.7 Å². The van der Waals surface area contributed by atoms with E-state index in [1.54, 1.807) is 32.5 Å². The van der Waals surface area contributed by atoms with Crippen LogP contribution in [0, 0.1) is 5.82 Å². The van der Waals surface area contributed by atoms with Gasteiger partial charge >= 0.3 is 0 Å². The van der Waals surface area contributed by atoms with Gasteiger partial charge in [0.1, 0.15) is 23.4 Å². The third kappa shape index (κ3) is 4.19. The highest BCUT2D eigenvalue weighted by Gasteiger charge is 2.43. The standard InChI is InChI=1S/C26H22ClFN4O2S/c1-33-17-9-11-23(34-2)22(15-17)32-25(24(30-26(32)35)20-6-3-4-12-29-20)21-7-5-13-31(21)16-8-10-19(28)18(27)14-16/h3-15,24-25H,1-2H3,(H,30,35)/t24-,25+/m1/s1. The van der Waals surface area contributed by atoms with Gasteiger partial charge in [0.15, 0.2) is 5.11 Å². The third-order valence-electron chi connectivity index (χ3n) is 6.01. The van der Waals surface area contributed by atoms with E-state index in [4.69, 9.17) is 33.3 Å². The van der Waals surface area contributed by atoms with E-state index in [9.17, 15) is 4.39 Å². The number of pyridine rings is 1. The highest BCUT2D eigenvalue weighted by Crippen LogP contribution is 2.46. The van der Waals surface area contributed by atoms with Crippen LogP contribution >= 0.6 is 23.8 Å². The van der Waals surface area contributed by atoms with Crippen LogP contribution in [0.4, 0.5) is 10.1 Å². The SMILES string of the molecule is COc1ccc(OC)c(N2C(=S)N[C@H](c3ccccn3)[C@@H]2c2cccn2-c2ccc(F)c(Cl)c2)c1. The number of halogens is 2. The second kappa shape index (κ2) is 9.56. The molecule has 0 aliphatic carbocycles. The van der Waals surface area contributed by atoms with Crippen molar-refractivity contribution in [2.75, 3.05) is 19.1 Å². The highest BCUT2D eigenvalue weighted by atomic mass is 35.5. The van der Waals surface area contributed by atoms with Crippen molar-refractivity contribution in [2.45, 2.75) is 12.1 Å². The summed E-state index contributed by atoms with van der Waals surface area (Å²) in [6.07, 6.45) is 3.67. The molecule has 2 aromatic carbocycles. The average molecular weight is 509 g/mol. The zero-order valence-electron chi connectivity index (χ0n) is 19.0. The van der Waals surface area contributed by atoms with Crippen LogP contribution in [0.3, 0.4) is 0 Å². The van der Waals surface area contributed by atoms with Gasteiger partial charge in [0.2, 0.25) is 0 Å². The normalized spacial score (nSPS) is 17.4. The number of methoxy groups -OCH3 is 2. The fraction of sp³-hybridized carbons (Fsp3) is 0.154. The smallest absolute Gasteiger partial charge is 0.174 e. The number of hydrogen-bond donors (Lipinski definition) is 1. The average Bonchev–Trinajstić information content (AvgIpc) is 3.50. The first-order chi connectivity index (χ1) is 17.0. The van der Waals surface area contributed by atoms with Gasteiger partial charge in [-0.15, -0.1) is 0 Å². The van der Waals surface area contributed by atoms with E-state index in [1.807, 2.05) is 64.2 Å². The number of hydrogen-bond acceptors (Lipinski definition) is 4. The monoisotopic (exact) mass is 508 g/mol. The Kier molecular flexibility index (Phi) is 6.32. The lowest BCUT2D eigenvalue weighted by Gasteiger charge is -2.30. The number of thiocarbonyl (C=S) groups is 1. The molecule has 6 nitrogen and oxygen atoms in total. The lowest BCUT2D eigenvalue weighted by atomic mass is 10.0. The van der Waals surface area contributed by atoms with E-state index in [0.717, 1.165) is 22.8 Å². The molecule has 35 heavy (non-hydrogen) atoms. The van der Waals surface area contributed by atoms with E-state index >= 15 is 0 Å². The van der Waals surface area contributed by atoms with Gasteiger partial charge in [0.05, 0.1) is 36.7 Å². The van der Waals surface area contributed by atoms with E-state index in [0.29, 0.717) is 16.6 Å². The van der Waals surface area contributed by atoms with E-state index in [-0.39, 0.29) is 17.1 Å². The molecular weight excluding hydrogens is 487 g/mol. The van der Waals surface area contributed by atoms with Crippen molar-refractivity contribution in [3.8, 4) is 17.2 Å². The predicted molar refractivity (Wildman–Crippen MR) is 138 cm³/mol. The second-order valence-electron chi connectivity index (χ2n) is 7.94. The minimum Gasteiger partial charge on any atom is -0.497 e. The molecule has 1 fully saturated rings. The van der Waals surface area contributed by atoms with Crippen LogP contribution in [0.5, 0.6) is 11.5 Å². The molecule has 2 atom stereocenters. The molecule has 0 radical (unpaired) electrons. The maximum Gasteiger partial charge on any atom is 0.174 e. The number of benzene rings is 2. The van der Waals surface area contributed by atoms with Crippen molar-refractivity contribution in [3.05, 3.63) is 101 Å². The van der Waals surface area contributed by atoms with Crippen LogP contribution < -0.4 is 19.7 Å². The fourth-order valence-corrected chi connectivity index (χ4v) is 4.92. The van der Waals surface area contributed by atoms with Crippen LogP contribution in [0.2, 0.25) is 5.02 Å². The number of aromatic nitrogens is 2. The Balaban J connectivity index is 1.71. The molecule has 1 aliphatic rings. The molecule has 0 amide bonds. The van der Waals surface area contributed by atoms with Gasteiger partial charge in [0, 0.05) is 29.8 Å². The zero-order chi connectivity index (χ0) is 24.5. The summed E-state index contributed by atoms with van der Waals surface area (Å²) in [6, 6.07) is 19.4. The largest absolute Gasteiger partial charge is 0.497 e. The van der Waals surface area contributed by atoms with Crippen LogP contribution in [-0.2, 0) is 0 Å². The number of rotatable bonds is 6. The van der Waals surface area contributed by atoms with Crippen molar-refractivity contribution in [3.63, 3.8) is 0 Å². The molecule has 5 rings (SSSR count). The molecule has 0 bridgehead atoms. The Morgan fingerprint density at radius 2 is 1.89 bits per heavy atom. The summed E-state index contributed by atoms with van der Waals surface area (Å²) >= 11 is 12.0. The van der Waals surface area contributed by atoms with Crippen LogP contribution in [-0.4, -0.2) is 28.9 Å². The minimum absolute atomic E-state index is 0.0508. The first kappa shape index (κ1) is 23.1. The Morgan fingerprint density at radius 1 is 1.03 bits per heavy atom. The van der Waals surface area contributed by atoms with Crippen LogP contribution in [0.1, 0.15) is 23.5 Å². The molecule has 178 valence electrons. The van der Waals surface area contributed by atoms with Gasteiger partial charge in [-0.05, 0) is 66.8 Å². The Bertz CT molecular complexity index is 1380. The fourth-order valence-electron chi connectivity index (χ4n) is 4.41. The molecule has 0 spiro atoms. The summed E-state index contributed by atoms with van der Waals surface area (Å²) in [5, 5.41) is 4.01. The highest BCUT2D eigenvalue weighted by molar-refractivity contribution is 7.80. The van der Waals surface area contributed by atoms with Gasteiger partial charge in [-0.25, -0.2) is 4.39 Å². The molecule has 1 N–H and O–H groups in total. The molecule has 0 unspecified atom stereocenters. The summed E-state index contributed by atoms with van der Waals surface area (Å²) < 4.78 is 27.1. The number of nitrogens with one attached hydrogen (secondary N) is 1. The molecule has 0 saturated carbocycles. The van der Waals surface area contributed by atoms with E-state index < -0.39 is 5.82 Å². The first-order valence-electron chi connectivity index (χ1n) is 10.9. The minimum atomic E-state index is -0.470. The van der Waals surface area contributed by atoms with Gasteiger partial charge in [0.25, 0.3) is 0 Å². The molecule has 2 aromatic heterocycles. The number of anilines is 1. The van der Waals surface area contributed by atoms with Crippen molar-refractivity contribution in [1.29, 1.82) is 0 Å². The zero-order valence-corrected chi connectivity index (χ0v) is 20.6. The molecule has 3 heterocycles. The quantitative estimate of drug-likeness (QED) is 0.329. The second-order valence-corrected chi connectivity index (χ2v) is 8.73. The topological polar surface area (TPSA) is 51.6 Å². The van der Waals surface area contributed by atoms with Crippen molar-refractivity contribution in [2.24, 2.45) is 0 Å². The van der Waals surface area contributed by atoms with Gasteiger partial charge < -0.3 is 24.3 Å². The van der Waals surface area contributed by atoms with E-state index in [1.165, 1.54) is 6.07 Å². The maximum atomic E-state index is 13.9. The number of ether oxygens (including phenoxy) is 2. The summed E-state index contributed by atoms with van der Waals surface area (Å²) in [4.78, 5) is 6.61. The molecule has 1 saturated heterocycles. The van der Waals surface area contributed by atoms with Gasteiger partial charge in [-0.3, -0.25) is 4.98 Å². The molecule has 4 aromatic rings. The lowest BCUT2D eigenvalue weighted by molar-refractivity contribution is 0.402. The molecular formula is C26H22ClFN4O2S. The Morgan fingerprint density at radius 3 is 2.60 bits per heavy atom. The summed E-state index contributed by atoms with van der Waals surface area (Å²) in [7, 11) is 3.23.